The number of ether oxygens (including phenoxy) is 1. The van der Waals surface area contributed by atoms with Crippen LogP contribution in [0, 0.1) is 5.92 Å². The first-order valence-electron chi connectivity index (χ1n) is 6.17. The smallest absolute Gasteiger partial charge is 0.331 e. The van der Waals surface area contributed by atoms with Crippen LogP contribution in [0.2, 0.25) is 0 Å². The maximum Gasteiger partial charge on any atom is 0.331 e. The van der Waals surface area contributed by atoms with E-state index in [-0.39, 0.29) is 31.6 Å². The minimum Gasteiger partial charge on any atom is -0.467 e. The van der Waals surface area contributed by atoms with Crippen LogP contribution in [-0.4, -0.2) is 30.4 Å². The average molecular weight is 261 g/mol. The third-order valence-corrected chi connectivity index (χ3v) is 3.78. The summed E-state index contributed by atoms with van der Waals surface area (Å²) in [4.78, 5) is 23.4. The third-order valence-electron chi connectivity index (χ3n) is 3.78. The van der Waals surface area contributed by atoms with Crippen LogP contribution in [0.4, 0.5) is 8.78 Å². The lowest BCUT2D eigenvalue weighted by molar-refractivity contribution is -0.147. The monoisotopic (exact) mass is 261 g/mol. The van der Waals surface area contributed by atoms with Crippen LogP contribution in [0.25, 0.3) is 0 Å². The normalized spacial score (nSPS) is 25.3. The number of hydrogen-bond donors (Lipinski definition) is 1. The Morgan fingerprint density at radius 1 is 1.17 bits per heavy atom. The second-order valence-electron chi connectivity index (χ2n) is 5.19. The number of halogens is 2. The SMILES string of the molecule is COC(=O)C1(NC(=O)C2CCC(F)(F)CC2)CC1. The van der Waals surface area contributed by atoms with E-state index in [2.05, 4.69) is 10.1 Å². The van der Waals surface area contributed by atoms with Crippen LogP contribution in [0.1, 0.15) is 38.5 Å². The van der Waals surface area contributed by atoms with Crippen molar-refractivity contribution in [2.24, 2.45) is 5.92 Å². The minimum absolute atomic E-state index is 0.177. The number of rotatable bonds is 3. The molecule has 102 valence electrons. The second-order valence-corrected chi connectivity index (χ2v) is 5.19. The molecule has 1 N–H and O–H groups in total. The number of carbonyl (C=O) groups excluding carboxylic acids is 2. The Balaban J connectivity index is 1.88. The predicted molar refractivity (Wildman–Crippen MR) is 59.0 cm³/mol. The lowest BCUT2D eigenvalue weighted by Gasteiger charge is -2.28. The Labute approximate surface area is 104 Å². The zero-order valence-electron chi connectivity index (χ0n) is 10.3. The maximum absolute atomic E-state index is 13.0. The number of nitrogens with one attached hydrogen (secondary N) is 1. The van der Waals surface area contributed by atoms with E-state index in [1.54, 1.807) is 0 Å². The van der Waals surface area contributed by atoms with Crippen molar-refractivity contribution < 1.29 is 23.1 Å². The van der Waals surface area contributed by atoms with E-state index in [4.69, 9.17) is 0 Å². The molecular formula is C12H17F2NO3. The molecule has 2 fully saturated rings. The van der Waals surface area contributed by atoms with Gasteiger partial charge in [0.05, 0.1) is 7.11 Å². The lowest BCUT2D eigenvalue weighted by Crippen LogP contribution is -2.47. The van der Waals surface area contributed by atoms with E-state index in [9.17, 15) is 18.4 Å². The number of alkyl halides is 2. The van der Waals surface area contributed by atoms with Gasteiger partial charge in [0.2, 0.25) is 11.8 Å². The molecule has 2 saturated carbocycles. The van der Waals surface area contributed by atoms with Gasteiger partial charge in [-0.15, -0.1) is 0 Å². The van der Waals surface area contributed by atoms with Gasteiger partial charge in [-0.3, -0.25) is 4.79 Å². The fraction of sp³-hybridized carbons (Fsp3) is 0.833. The van der Waals surface area contributed by atoms with Gasteiger partial charge in [0.25, 0.3) is 0 Å². The van der Waals surface area contributed by atoms with Crippen molar-refractivity contribution in [3.8, 4) is 0 Å². The van der Waals surface area contributed by atoms with E-state index in [1.807, 2.05) is 0 Å². The molecule has 0 radical (unpaired) electrons. The van der Waals surface area contributed by atoms with Crippen LogP contribution in [0.15, 0.2) is 0 Å². The molecule has 0 bridgehead atoms. The molecule has 0 saturated heterocycles. The summed E-state index contributed by atoms with van der Waals surface area (Å²) in [6.07, 6.45) is 0.974. The van der Waals surface area contributed by atoms with Crippen molar-refractivity contribution in [3.05, 3.63) is 0 Å². The first-order valence-corrected chi connectivity index (χ1v) is 6.17. The summed E-state index contributed by atoms with van der Waals surface area (Å²) >= 11 is 0. The number of amides is 1. The maximum atomic E-state index is 13.0. The highest BCUT2D eigenvalue weighted by Gasteiger charge is 2.53. The lowest BCUT2D eigenvalue weighted by atomic mass is 9.86. The zero-order valence-corrected chi connectivity index (χ0v) is 10.3. The Kier molecular flexibility index (Phi) is 3.29. The molecule has 0 heterocycles. The van der Waals surface area contributed by atoms with Crippen molar-refractivity contribution in [1.29, 1.82) is 0 Å². The van der Waals surface area contributed by atoms with Crippen LogP contribution in [0.3, 0.4) is 0 Å². The van der Waals surface area contributed by atoms with Gasteiger partial charge < -0.3 is 10.1 Å². The summed E-state index contributed by atoms with van der Waals surface area (Å²) in [5.74, 6) is -3.80. The molecule has 0 aliphatic heterocycles. The molecule has 18 heavy (non-hydrogen) atoms. The van der Waals surface area contributed by atoms with E-state index in [0.717, 1.165) is 0 Å². The predicted octanol–water partition coefficient (Wildman–Crippen LogP) is 1.63. The summed E-state index contributed by atoms with van der Waals surface area (Å²) in [5.41, 5.74) is -0.883. The number of methoxy groups -OCH3 is 1. The van der Waals surface area contributed by atoms with Gasteiger partial charge in [-0.25, -0.2) is 13.6 Å². The van der Waals surface area contributed by atoms with Crippen LogP contribution >= 0.6 is 0 Å². The van der Waals surface area contributed by atoms with Crippen LogP contribution in [0.5, 0.6) is 0 Å². The number of esters is 1. The van der Waals surface area contributed by atoms with Gasteiger partial charge >= 0.3 is 5.97 Å². The Morgan fingerprint density at radius 3 is 2.17 bits per heavy atom. The van der Waals surface area contributed by atoms with Gasteiger partial charge in [-0.05, 0) is 25.7 Å². The molecule has 0 aromatic rings. The fourth-order valence-corrected chi connectivity index (χ4v) is 2.34. The molecule has 0 aromatic carbocycles. The Bertz CT molecular complexity index is 356. The van der Waals surface area contributed by atoms with Crippen molar-refractivity contribution >= 4 is 11.9 Å². The van der Waals surface area contributed by atoms with E-state index < -0.39 is 23.3 Å². The first kappa shape index (κ1) is 13.2. The van der Waals surface area contributed by atoms with Crippen molar-refractivity contribution in [2.75, 3.05) is 7.11 Å². The van der Waals surface area contributed by atoms with Gasteiger partial charge in [-0.2, -0.15) is 0 Å². The van der Waals surface area contributed by atoms with Crippen molar-refractivity contribution in [2.45, 2.75) is 50.0 Å². The third kappa shape index (κ3) is 2.62. The fourth-order valence-electron chi connectivity index (χ4n) is 2.34. The van der Waals surface area contributed by atoms with Crippen molar-refractivity contribution in [3.63, 3.8) is 0 Å². The van der Waals surface area contributed by atoms with Gasteiger partial charge in [0.1, 0.15) is 5.54 Å². The Hall–Kier alpha value is -1.20. The first-order chi connectivity index (χ1) is 8.38. The quantitative estimate of drug-likeness (QED) is 0.786. The van der Waals surface area contributed by atoms with E-state index in [0.29, 0.717) is 12.8 Å². The molecule has 1 amide bonds. The van der Waals surface area contributed by atoms with Crippen LogP contribution in [-0.2, 0) is 14.3 Å². The highest BCUT2D eigenvalue weighted by Crippen LogP contribution is 2.39. The number of hydrogen-bond acceptors (Lipinski definition) is 3. The largest absolute Gasteiger partial charge is 0.467 e. The molecular weight excluding hydrogens is 244 g/mol. The average Bonchev–Trinajstić information content (AvgIpc) is 3.08. The molecule has 2 rings (SSSR count). The summed E-state index contributed by atoms with van der Waals surface area (Å²) in [6.45, 7) is 0. The van der Waals surface area contributed by atoms with E-state index in [1.165, 1.54) is 7.11 Å². The summed E-state index contributed by atoms with van der Waals surface area (Å²) in [7, 11) is 1.27. The summed E-state index contributed by atoms with van der Waals surface area (Å²) in [6, 6.07) is 0. The molecule has 0 atom stereocenters. The summed E-state index contributed by atoms with van der Waals surface area (Å²) < 4.78 is 30.6. The molecule has 2 aliphatic rings. The van der Waals surface area contributed by atoms with Crippen LogP contribution < -0.4 is 5.32 Å². The standard InChI is InChI=1S/C12H17F2NO3/c1-18-10(17)11(6-7-11)15-9(16)8-2-4-12(13,14)5-3-8/h8H,2-7H2,1H3,(H,15,16). The molecule has 6 heteroatoms. The molecule has 0 unspecified atom stereocenters. The Morgan fingerprint density at radius 2 is 1.72 bits per heavy atom. The van der Waals surface area contributed by atoms with Crippen molar-refractivity contribution in [1.82, 2.24) is 5.32 Å². The second kappa shape index (κ2) is 4.48. The van der Waals surface area contributed by atoms with E-state index >= 15 is 0 Å². The highest BCUT2D eigenvalue weighted by atomic mass is 19.3. The zero-order chi connectivity index (χ0) is 13.4. The van der Waals surface area contributed by atoms with Gasteiger partial charge in [-0.1, -0.05) is 0 Å². The van der Waals surface area contributed by atoms with Gasteiger partial charge in [0.15, 0.2) is 0 Å². The van der Waals surface area contributed by atoms with Gasteiger partial charge in [0, 0.05) is 18.8 Å². The molecule has 2 aliphatic carbocycles. The minimum atomic E-state index is -2.64. The molecule has 0 aromatic heterocycles. The highest BCUT2D eigenvalue weighted by molar-refractivity contribution is 5.91. The molecule has 4 nitrogen and oxygen atoms in total. The summed E-state index contributed by atoms with van der Waals surface area (Å²) in [5, 5.41) is 2.66. The molecule has 0 spiro atoms. The topological polar surface area (TPSA) is 55.4 Å². The number of carbonyl (C=O) groups is 2.